The van der Waals surface area contributed by atoms with Gasteiger partial charge in [0, 0.05) is 34.8 Å². The topological polar surface area (TPSA) is 60.4 Å². The Morgan fingerprint density at radius 2 is 2.00 bits per heavy atom. The third-order valence-corrected chi connectivity index (χ3v) is 5.20. The highest BCUT2D eigenvalue weighted by Crippen LogP contribution is 2.35. The van der Waals surface area contributed by atoms with E-state index in [1.807, 2.05) is 12.1 Å². The van der Waals surface area contributed by atoms with Crippen molar-refractivity contribution in [2.45, 2.75) is 29.6 Å². The van der Waals surface area contributed by atoms with Crippen molar-refractivity contribution in [1.82, 2.24) is 0 Å². The molecule has 1 aliphatic rings. The molecule has 4 heteroatoms. The number of fused-ring (bicyclic) bond motifs is 2. The summed E-state index contributed by atoms with van der Waals surface area (Å²) >= 11 is -1.29. The van der Waals surface area contributed by atoms with Gasteiger partial charge < -0.3 is 9.66 Å². The van der Waals surface area contributed by atoms with Crippen LogP contribution in [0.2, 0.25) is 0 Å². The van der Waals surface area contributed by atoms with Gasteiger partial charge in [-0.15, -0.1) is 0 Å². The van der Waals surface area contributed by atoms with Crippen molar-refractivity contribution >= 4 is 17.1 Å². The first-order valence-electron chi connectivity index (χ1n) is 6.50. The summed E-state index contributed by atoms with van der Waals surface area (Å²) in [6.07, 6.45) is 1.66. The van der Waals surface area contributed by atoms with Crippen LogP contribution in [0.3, 0.4) is 0 Å². The largest absolute Gasteiger partial charge is 0.606 e. The van der Waals surface area contributed by atoms with E-state index in [1.165, 1.54) is 11.6 Å². The monoisotopic (exact) mass is 286 g/mol. The van der Waals surface area contributed by atoms with Crippen molar-refractivity contribution in [3.63, 3.8) is 0 Å². The van der Waals surface area contributed by atoms with Gasteiger partial charge in [-0.2, -0.15) is 0 Å². The molecule has 2 aromatic rings. The summed E-state index contributed by atoms with van der Waals surface area (Å²) in [6.45, 7) is 2.09. The van der Waals surface area contributed by atoms with Gasteiger partial charge in [0.2, 0.25) is 0 Å². The van der Waals surface area contributed by atoms with E-state index in [0.717, 1.165) is 22.4 Å². The van der Waals surface area contributed by atoms with Gasteiger partial charge >= 0.3 is 5.97 Å². The Balaban J connectivity index is 2.09. The molecule has 0 spiro atoms. The second-order valence-corrected chi connectivity index (χ2v) is 6.29. The molecule has 0 bridgehead atoms. The van der Waals surface area contributed by atoms with Crippen LogP contribution in [0.5, 0.6) is 0 Å². The van der Waals surface area contributed by atoms with Crippen LogP contribution in [-0.2, 0) is 24.0 Å². The Labute approximate surface area is 120 Å². The Morgan fingerprint density at radius 3 is 2.70 bits per heavy atom. The molecule has 2 aromatic carbocycles. The number of carboxylic acids is 1. The minimum absolute atomic E-state index is 0.186. The highest BCUT2D eigenvalue weighted by molar-refractivity contribution is 7.91. The summed E-state index contributed by atoms with van der Waals surface area (Å²) in [5.74, 6) is -0.989. The third-order valence-electron chi connectivity index (χ3n) is 3.63. The first-order valence-corrected chi connectivity index (χ1v) is 7.65. The summed E-state index contributed by atoms with van der Waals surface area (Å²) in [4.78, 5) is 12.5. The van der Waals surface area contributed by atoms with E-state index in [-0.39, 0.29) is 5.56 Å². The molecule has 0 fully saturated rings. The maximum atomic E-state index is 12.6. The van der Waals surface area contributed by atoms with Gasteiger partial charge in [0.1, 0.15) is 0 Å². The van der Waals surface area contributed by atoms with Crippen molar-refractivity contribution in [3.8, 4) is 0 Å². The van der Waals surface area contributed by atoms with E-state index in [2.05, 4.69) is 13.0 Å². The predicted molar refractivity (Wildman–Crippen MR) is 76.7 cm³/mol. The number of rotatable bonds is 2. The van der Waals surface area contributed by atoms with E-state index < -0.39 is 17.1 Å². The number of aromatic carboxylic acids is 1. The normalized spacial score (nSPS) is 16.4. The van der Waals surface area contributed by atoms with E-state index in [9.17, 15) is 9.35 Å². The molecule has 0 saturated carbocycles. The summed E-state index contributed by atoms with van der Waals surface area (Å²) in [5, 5.41) is 9.04. The molecular formula is C16H14O3S. The van der Waals surface area contributed by atoms with Gasteiger partial charge in [0.05, 0.1) is 5.56 Å². The molecule has 1 atom stereocenters. The molecule has 1 N–H and O–H groups in total. The van der Waals surface area contributed by atoms with Crippen LogP contribution < -0.4 is 0 Å². The van der Waals surface area contributed by atoms with Gasteiger partial charge in [0.15, 0.2) is 9.79 Å². The standard InChI is InChI=1S/C16H14O3S/c1-2-10-3-6-14-13(7-10)8-11-4-5-12(16(17)18)9-15(11)20(14)19/h3-7,9H,2,8H2,1H3,(H,17,18). The van der Waals surface area contributed by atoms with Gasteiger partial charge in [-0.1, -0.05) is 25.1 Å². The summed E-state index contributed by atoms with van der Waals surface area (Å²) in [6, 6.07) is 10.9. The summed E-state index contributed by atoms with van der Waals surface area (Å²) in [7, 11) is 0. The molecule has 3 nitrogen and oxygen atoms in total. The van der Waals surface area contributed by atoms with Gasteiger partial charge in [0.25, 0.3) is 0 Å². The highest BCUT2D eigenvalue weighted by atomic mass is 32.2. The second-order valence-electron chi connectivity index (χ2n) is 4.87. The first kappa shape index (κ1) is 13.2. The van der Waals surface area contributed by atoms with Crippen LogP contribution in [0.4, 0.5) is 0 Å². The zero-order valence-corrected chi connectivity index (χ0v) is 11.9. The van der Waals surface area contributed by atoms with E-state index in [1.54, 1.807) is 12.1 Å². The zero-order chi connectivity index (χ0) is 14.3. The van der Waals surface area contributed by atoms with E-state index >= 15 is 0 Å². The molecule has 0 amide bonds. The second kappa shape index (κ2) is 4.96. The lowest BCUT2D eigenvalue weighted by atomic mass is 10.00. The predicted octanol–water partition coefficient (Wildman–Crippen LogP) is 3.02. The SMILES string of the molecule is CCc1ccc2c(c1)Cc1ccc(C(=O)O)cc1[S+]2[O-]. The van der Waals surface area contributed by atoms with Crippen molar-refractivity contribution in [2.75, 3.05) is 0 Å². The number of aryl methyl sites for hydroxylation is 1. The molecule has 1 aliphatic heterocycles. The number of hydrogen-bond acceptors (Lipinski definition) is 2. The number of carboxylic acid groups (broad SMARTS) is 1. The van der Waals surface area contributed by atoms with E-state index in [4.69, 9.17) is 5.11 Å². The van der Waals surface area contributed by atoms with Crippen LogP contribution in [0, 0.1) is 0 Å². The highest BCUT2D eigenvalue weighted by Gasteiger charge is 2.29. The lowest BCUT2D eigenvalue weighted by molar-refractivity contribution is 0.0696. The maximum Gasteiger partial charge on any atom is 0.335 e. The molecule has 0 radical (unpaired) electrons. The minimum Gasteiger partial charge on any atom is -0.606 e. The van der Waals surface area contributed by atoms with Gasteiger partial charge in [-0.25, -0.2) is 4.79 Å². The Bertz CT molecular complexity index is 694. The Morgan fingerprint density at radius 1 is 1.20 bits per heavy atom. The fourth-order valence-corrected chi connectivity index (χ4v) is 3.91. The molecule has 1 unspecified atom stereocenters. The van der Waals surface area contributed by atoms with Crippen LogP contribution in [-0.4, -0.2) is 15.6 Å². The molecule has 102 valence electrons. The average molecular weight is 286 g/mol. The fourth-order valence-electron chi connectivity index (χ4n) is 2.50. The molecular weight excluding hydrogens is 272 g/mol. The Kier molecular flexibility index (Phi) is 3.28. The van der Waals surface area contributed by atoms with Crippen LogP contribution >= 0.6 is 0 Å². The van der Waals surface area contributed by atoms with Crippen molar-refractivity contribution in [3.05, 3.63) is 58.7 Å². The van der Waals surface area contributed by atoms with Gasteiger partial charge in [-0.05, 0) is 24.1 Å². The van der Waals surface area contributed by atoms with Crippen LogP contribution in [0.25, 0.3) is 0 Å². The zero-order valence-electron chi connectivity index (χ0n) is 11.1. The van der Waals surface area contributed by atoms with Crippen molar-refractivity contribution in [2.24, 2.45) is 0 Å². The van der Waals surface area contributed by atoms with E-state index in [0.29, 0.717) is 11.3 Å². The van der Waals surface area contributed by atoms with Crippen molar-refractivity contribution in [1.29, 1.82) is 0 Å². The maximum absolute atomic E-state index is 12.6. The van der Waals surface area contributed by atoms with Crippen LogP contribution in [0.1, 0.15) is 34.0 Å². The summed E-state index contributed by atoms with van der Waals surface area (Å²) in [5.41, 5.74) is 3.45. The number of benzene rings is 2. The molecule has 0 saturated heterocycles. The first-order chi connectivity index (χ1) is 9.60. The lowest BCUT2D eigenvalue weighted by Crippen LogP contribution is -2.16. The lowest BCUT2D eigenvalue weighted by Gasteiger charge is -2.22. The number of carbonyl (C=O) groups is 1. The fraction of sp³-hybridized carbons (Fsp3) is 0.188. The molecule has 0 aromatic heterocycles. The minimum atomic E-state index is -1.29. The average Bonchev–Trinajstić information content (AvgIpc) is 2.46. The Hall–Kier alpha value is -1.78. The quantitative estimate of drug-likeness (QED) is 0.863. The smallest absolute Gasteiger partial charge is 0.335 e. The van der Waals surface area contributed by atoms with Crippen LogP contribution in [0.15, 0.2) is 46.2 Å². The molecule has 20 heavy (non-hydrogen) atoms. The van der Waals surface area contributed by atoms with Crippen molar-refractivity contribution < 1.29 is 14.5 Å². The van der Waals surface area contributed by atoms with Gasteiger partial charge in [-0.3, -0.25) is 0 Å². The molecule has 0 aliphatic carbocycles. The molecule has 3 rings (SSSR count). The molecule has 1 heterocycles. The number of hydrogen-bond donors (Lipinski definition) is 1. The third kappa shape index (κ3) is 2.11. The summed E-state index contributed by atoms with van der Waals surface area (Å²) < 4.78 is 12.6.